The summed E-state index contributed by atoms with van der Waals surface area (Å²) >= 11 is 0. The largest absolute Gasteiger partial charge is 0.378 e. The van der Waals surface area contributed by atoms with Crippen molar-refractivity contribution in [3.63, 3.8) is 0 Å². The average Bonchev–Trinajstić information content (AvgIpc) is 2.58. The third kappa shape index (κ3) is 3.51. The molecule has 1 aliphatic heterocycles. The van der Waals surface area contributed by atoms with Gasteiger partial charge in [-0.3, -0.25) is 0 Å². The second kappa shape index (κ2) is 6.91. The summed E-state index contributed by atoms with van der Waals surface area (Å²) in [5, 5.41) is 3.02. The predicted molar refractivity (Wildman–Crippen MR) is 89.2 cm³/mol. The molecular formula is C15H20FN7O. The Morgan fingerprint density at radius 3 is 2.50 bits per heavy atom. The molecule has 0 atom stereocenters. The van der Waals surface area contributed by atoms with E-state index in [-0.39, 0.29) is 23.5 Å². The molecule has 0 spiro atoms. The molecule has 0 aromatic carbocycles. The summed E-state index contributed by atoms with van der Waals surface area (Å²) in [7, 11) is 0. The van der Waals surface area contributed by atoms with Gasteiger partial charge in [-0.2, -0.15) is 4.98 Å². The Balaban J connectivity index is 2.06. The highest BCUT2D eigenvalue weighted by atomic mass is 19.1. The van der Waals surface area contributed by atoms with Gasteiger partial charge >= 0.3 is 0 Å². The number of nitrogen functional groups attached to an aromatic ring is 1. The van der Waals surface area contributed by atoms with Crippen molar-refractivity contribution in [2.24, 2.45) is 0 Å². The number of hydrogen-bond acceptors (Lipinski definition) is 8. The van der Waals surface area contributed by atoms with E-state index in [1.807, 2.05) is 18.7 Å². The van der Waals surface area contributed by atoms with Gasteiger partial charge in [0, 0.05) is 37.1 Å². The van der Waals surface area contributed by atoms with Crippen LogP contribution in [0.25, 0.3) is 11.3 Å². The van der Waals surface area contributed by atoms with Gasteiger partial charge < -0.3 is 20.7 Å². The van der Waals surface area contributed by atoms with Crippen LogP contribution in [-0.2, 0) is 4.74 Å². The van der Waals surface area contributed by atoms with Crippen LogP contribution in [0.1, 0.15) is 13.8 Å². The molecule has 0 unspecified atom stereocenters. The highest BCUT2D eigenvalue weighted by Crippen LogP contribution is 2.27. The summed E-state index contributed by atoms with van der Waals surface area (Å²) in [4.78, 5) is 18.5. The molecule has 0 radical (unpaired) electrons. The lowest BCUT2D eigenvalue weighted by atomic mass is 10.2. The van der Waals surface area contributed by atoms with E-state index in [9.17, 15) is 4.39 Å². The fourth-order valence-corrected chi connectivity index (χ4v) is 2.36. The first-order chi connectivity index (χ1) is 11.5. The van der Waals surface area contributed by atoms with E-state index in [0.717, 1.165) is 0 Å². The quantitative estimate of drug-likeness (QED) is 0.863. The molecule has 1 aliphatic rings. The first-order valence-electron chi connectivity index (χ1n) is 7.79. The number of rotatable bonds is 4. The Labute approximate surface area is 139 Å². The number of ether oxygens (including phenoxy) is 1. The maximum atomic E-state index is 14.8. The van der Waals surface area contributed by atoms with Gasteiger partial charge in [0.1, 0.15) is 5.69 Å². The van der Waals surface area contributed by atoms with Gasteiger partial charge in [-0.1, -0.05) is 0 Å². The number of aromatic nitrogens is 4. The van der Waals surface area contributed by atoms with Crippen molar-refractivity contribution in [1.82, 2.24) is 19.9 Å². The Morgan fingerprint density at radius 2 is 1.88 bits per heavy atom. The molecular weight excluding hydrogens is 313 g/mol. The zero-order valence-corrected chi connectivity index (χ0v) is 13.7. The van der Waals surface area contributed by atoms with Gasteiger partial charge in [0.25, 0.3) is 0 Å². The summed E-state index contributed by atoms with van der Waals surface area (Å²) in [5.41, 5.74) is 6.10. The molecule has 3 heterocycles. The summed E-state index contributed by atoms with van der Waals surface area (Å²) < 4.78 is 20.2. The molecule has 0 bridgehead atoms. The number of morpholine rings is 1. The van der Waals surface area contributed by atoms with E-state index >= 15 is 0 Å². The van der Waals surface area contributed by atoms with Crippen LogP contribution in [0.4, 0.5) is 22.1 Å². The Morgan fingerprint density at radius 1 is 1.21 bits per heavy atom. The molecule has 0 aliphatic carbocycles. The minimum absolute atomic E-state index is 0.0301. The molecule has 1 saturated heterocycles. The van der Waals surface area contributed by atoms with Crippen LogP contribution in [0.5, 0.6) is 0 Å². The van der Waals surface area contributed by atoms with E-state index in [2.05, 4.69) is 25.3 Å². The van der Waals surface area contributed by atoms with Crippen molar-refractivity contribution in [2.45, 2.75) is 19.9 Å². The molecule has 0 saturated carbocycles. The Kier molecular flexibility index (Phi) is 4.70. The molecule has 2 aromatic rings. The number of nitrogens with one attached hydrogen (secondary N) is 1. The van der Waals surface area contributed by atoms with Crippen LogP contribution in [0.15, 0.2) is 12.4 Å². The molecule has 9 heteroatoms. The fourth-order valence-electron chi connectivity index (χ4n) is 2.36. The van der Waals surface area contributed by atoms with Crippen LogP contribution < -0.4 is 16.0 Å². The predicted octanol–water partition coefficient (Wildman–Crippen LogP) is 1.31. The van der Waals surface area contributed by atoms with Crippen molar-refractivity contribution < 1.29 is 9.13 Å². The first-order valence-corrected chi connectivity index (χ1v) is 7.79. The van der Waals surface area contributed by atoms with Crippen molar-refractivity contribution in [3.05, 3.63) is 18.2 Å². The van der Waals surface area contributed by atoms with Crippen LogP contribution in [0.2, 0.25) is 0 Å². The molecule has 0 amide bonds. The Bertz CT molecular complexity index is 702. The van der Waals surface area contributed by atoms with Crippen molar-refractivity contribution in [1.29, 1.82) is 0 Å². The van der Waals surface area contributed by atoms with Gasteiger partial charge in [0.2, 0.25) is 11.9 Å². The van der Waals surface area contributed by atoms with Crippen molar-refractivity contribution >= 4 is 17.7 Å². The maximum Gasteiger partial charge on any atom is 0.228 e. The second-order valence-electron chi connectivity index (χ2n) is 5.76. The minimum Gasteiger partial charge on any atom is -0.378 e. The minimum atomic E-state index is -0.533. The van der Waals surface area contributed by atoms with Crippen LogP contribution in [0.3, 0.4) is 0 Å². The van der Waals surface area contributed by atoms with Crippen LogP contribution in [-0.4, -0.2) is 52.3 Å². The molecule has 3 rings (SSSR count). The molecule has 8 nitrogen and oxygen atoms in total. The zero-order valence-electron chi connectivity index (χ0n) is 13.7. The summed E-state index contributed by atoms with van der Waals surface area (Å²) in [6.07, 6.45) is 2.91. The fraction of sp³-hybridized carbons (Fsp3) is 0.467. The normalized spacial score (nSPS) is 14.9. The van der Waals surface area contributed by atoms with Gasteiger partial charge in [-0.25, -0.2) is 19.3 Å². The van der Waals surface area contributed by atoms with Gasteiger partial charge in [0.05, 0.1) is 13.2 Å². The second-order valence-corrected chi connectivity index (χ2v) is 5.76. The smallest absolute Gasteiger partial charge is 0.228 e. The van der Waals surface area contributed by atoms with E-state index in [1.54, 1.807) is 0 Å². The van der Waals surface area contributed by atoms with Gasteiger partial charge in [-0.05, 0) is 13.8 Å². The first kappa shape index (κ1) is 16.3. The molecule has 128 valence electrons. The lowest BCUT2D eigenvalue weighted by Crippen LogP contribution is -2.37. The monoisotopic (exact) mass is 333 g/mol. The zero-order chi connectivity index (χ0) is 17.1. The summed E-state index contributed by atoms with van der Waals surface area (Å²) in [5.74, 6) is 0.208. The number of halogens is 1. The third-order valence-electron chi connectivity index (χ3n) is 3.50. The average molecular weight is 333 g/mol. The van der Waals surface area contributed by atoms with Crippen LogP contribution in [0, 0.1) is 5.82 Å². The maximum absolute atomic E-state index is 14.8. The topological polar surface area (TPSA) is 102 Å². The summed E-state index contributed by atoms with van der Waals surface area (Å²) in [6, 6.07) is 0.0301. The Hall–Kier alpha value is -2.55. The number of anilines is 3. The molecule has 3 N–H and O–H groups in total. The van der Waals surface area contributed by atoms with E-state index in [1.165, 1.54) is 12.4 Å². The van der Waals surface area contributed by atoms with Crippen molar-refractivity contribution in [2.75, 3.05) is 42.3 Å². The van der Waals surface area contributed by atoms with E-state index in [0.29, 0.717) is 37.8 Å². The van der Waals surface area contributed by atoms with Crippen LogP contribution >= 0.6 is 0 Å². The lowest BCUT2D eigenvalue weighted by molar-refractivity contribution is 0.122. The third-order valence-corrected chi connectivity index (χ3v) is 3.50. The SMILES string of the molecule is CC(C)Nc1nc(N2CCOCC2)nc(-c2cnc(N)nc2)c1F. The van der Waals surface area contributed by atoms with E-state index < -0.39 is 5.82 Å². The summed E-state index contributed by atoms with van der Waals surface area (Å²) in [6.45, 7) is 6.33. The highest BCUT2D eigenvalue weighted by Gasteiger charge is 2.21. The lowest BCUT2D eigenvalue weighted by Gasteiger charge is -2.27. The number of nitrogens with two attached hydrogens (primary N) is 1. The standard InChI is InChI=1S/C15H20FN7O/c1-9(2)20-13-11(16)12(10-7-18-14(17)19-8-10)21-15(22-13)23-3-5-24-6-4-23/h7-9H,3-6H2,1-2H3,(H2,17,18,19)(H,20,21,22). The number of hydrogen-bond donors (Lipinski definition) is 2. The molecule has 2 aromatic heterocycles. The van der Waals surface area contributed by atoms with Gasteiger partial charge in [-0.15, -0.1) is 0 Å². The highest BCUT2D eigenvalue weighted by molar-refractivity contribution is 5.65. The molecule has 24 heavy (non-hydrogen) atoms. The van der Waals surface area contributed by atoms with Gasteiger partial charge in [0.15, 0.2) is 11.6 Å². The number of nitrogens with zero attached hydrogens (tertiary/aromatic N) is 5. The molecule has 1 fully saturated rings. The van der Waals surface area contributed by atoms with Crippen molar-refractivity contribution in [3.8, 4) is 11.3 Å². The van der Waals surface area contributed by atoms with E-state index in [4.69, 9.17) is 10.5 Å².